The molecular formula is C12H13BrFNO3S. The molecule has 1 aromatic rings. The molecule has 0 saturated heterocycles. The number of thioether (sulfide) groups is 1. The number of hydrogen-bond donors (Lipinski definition) is 1. The van der Waals surface area contributed by atoms with E-state index in [9.17, 15) is 14.0 Å². The van der Waals surface area contributed by atoms with E-state index in [4.69, 9.17) is 4.74 Å². The molecule has 19 heavy (non-hydrogen) atoms. The largest absolute Gasteiger partial charge is 0.465 e. The summed E-state index contributed by atoms with van der Waals surface area (Å²) in [7, 11) is 0. The molecule has 0 aromatic heterocycles. The number of rotatable bonds is 6. The van der Waals surface area contributed by atoms with Crippen LogP contribution in [0.3, 0.4) is 0 Å². The first-order valence-corrected chi connectivity index (χ1v) is 7.46. The minimum atomic E-state index is -0.516. The summed E-state index contributed by atoms with van der Waals surface area (Å²) >= 11 is 4.25. The van der Waals surface area contributed by atoms with E-state index >= 15 is 0 Å². The number of ether oxygens (including phenoxy) is 1. The fraction of sp³-hybridized carbons (Fsp3) is 0.333. The zero-order valence-corrected chi connectivity index (χ0v) is 12.6. The normalized spacial score (nSPS) is 10.1. The van der Waals surface area contributed by atoms with Crippen molar-refractivity contribution >= 4 is 45.3 Å². The molecular weight excluding hydrogens is 337 g/mol. The zero-order chi connectivity index (χ0) is 14.3. The van der Waals surface area contributed by atoms with E-state index in [0.29, 0.717) is 11.1 Å². The minimum absolute atomic E-state index is 0.0638. The fourth-order valence-corrected chi connectivity index (χ4v) is 2.15. The summed E-state index contributed by atoms with van der Waals surface area (Å²) in [6.45, 7) is 2.03. The second-order valence-electron chi connectivity index (χ2n) is 3.47. The van der Waals surface area contributed by atoms with Crippen LogP contribution in [-0.4, -0.2) is 30.0 Å². The van der Waals surface area contributed by atoms with Gasteiger partial charge in [-0.05, 0) is 25.1 Å². The van der Waals surface area contributed by atoms with Crippen LogP contribution in [0.5, 0.6) is 0 Å². The van der Waals surface area contributed by atoms with Gasteiger partial charge >= 0.3 is 5.97 Å². The van der Waals surface area contributed by atoms with Crippen molar-refractivity contribution in [2.45, 2.75) is 6.92 Å². The van der Waals surface area contributed by atoms with Crippen LogP contribution in [0.25, 0.3) is 0 Å². The van der Waals surface area contributed by atoms with E-state index in [1.54, 1.807) is 13.0 Å². The van der Waals surface area contributed by atoms with Gasteiger partial charge in [0.15, 0.2) is 0 Å². The first-order valence-electron chi connectivity index (χ1n) is 5.51. The summed E-state index contributed by atoms with van der Waals surface area (Å²) < 4.78 is 18.8. The molecule has 0 radical (unpaired) electrons. The quantitative estimate of drug-likeness (QED) is 0.802. The van der Waals surface area contributed by atoms with Crippen molar-refractivity contribution in [2.24, 2.45) is 0 Å². The van der Waals surface area contributed by atoms with E-state index in [0.717, 1.165) is 11.8 Å². The predicted octanol–water partition coefficient (Wildman–Crippen LogP) is 2.82. The van der Waals surface area contributed by atoms with E-state index in [1.807, 2.05) is 0 Å². The monoisotopic (exact) mass is 349 g/mol. The third-order valence-corrected chi connectivity index (χ3v) is 3.36. The lowest BCUT2D eigenvalue weighted by Gasteiger charge is -2.06. The van der Waals surface area contributed by atoms with E-state index in [2.05, 4.69) is 21.2 Å². The van der Waals surface area contributed by atoms with E-state index in [-0.39, 0.29) is 29.1 Å². The summed E-state index contributed by atoms with van der Waals surface area (Å²) in [5.74, 6) is -1.08. The van der Waals surface area contributed by atoms with Gasteiger partial charge in [-0.2, -0.15) is 0 Å². The minimum Gasteiger partial charge on any atom is -0.465 e. The maximum atomic E-state index is 13.4. The number of carbonyl (C=O) groups is 2. The van der Waals surface area contributed by atoms with E-state index < -0.39 is 5.82 Å². The fourth-order valence-electron chi connectivity index (χ4n) is 1.21. The van der Waals surface area contributed by atoms with Crippen molar-refractivity contribution < 1.29 is 18.7 Å². The van der Waals surface area contributed by atoms with Gasteiger partial charge in [-0.3, -0.25) is 9.59 Å². The Morgan fingerprint density at radius 2 is 2.16 bits per heavy atom. The third-order valence-electron chi connectivity index (χ3n) is 1.96. The second-order valence-corrected chi connectivity index (χ2v) is 5.37. The van der Waals surface area contributed by atoms with Gasteiger partial charge in [0.2, 0.25) is 5.91 Å². The van der Waals surface area contributed by atoms with Crippen molar-refractivity contribution in [2.75, 3.05) is 23.4 Å². The Morgan fingerprint density at radius 1 is 1.42 bits per heavy atom. The first-order chi connectivity index (χ1) is 9.02. The zero-order valence-electron chi connectivity index (χ0n) is 10.2. The Labute approximate surface area is 123 Å². The number of esters is 1. The van der Waals surface area contributed by atoms with Gasteiger partial charge in [-0.1, -0.05) is 15.9 Å². The van der Waals surface area contributed by atoms with Crippen molar-refractivity contribution in [1.29, 1.82) is 0 Å². The molecule has 1 amide bonds. The summed E-state index contributed by atoms with van der Waals surface area (Å²) in [5, 5.41) is 2.44. The van der Waals surface area contributed by atoms with Crippen molar-refractivity contribution in [3.8, 4) is 0 Å². The van der Waals surface area contributed by atoms with Gasteiger partial charge in [-0.25, -0.2) is 4.39 Å². The van der Waals surface area contributed by atoms with Crippen LogP contribution in [0.15, 0.2) is 22.7 Å². The highest BCUT2D eigenvalue weighted by atomic mass is 79.9. The number of halogens is 2. The molecule has 0 heterocycles. The Kier molecular flexibility index (Phi) is 6.86. The molecule has 0 bridgehead atoms. The van der Waals surface area contributed by atoms with Crippen LogP contribution >= 0.6 is 27.7 Å². The smallest absolute Gasteiger partial charge is 0.315 e. The van der Waals surface area contributed by atoms with Crippen LogP contribution < -0.4 is 5.32 Å². The van der Waals surface area contributed by atoms with Crippen molar-refractivity contribution in [3.63, 3.8) is 0 Å². The Bertz CT molecular complexity index is 470. The molecule has 0 aliphatic heterocycles. The topological polar surface area (TPSA) is 55.4 Å². The van der Waals surface area contributed by atoms with Crippen molar-refractivity contribution in [3.05, 3.63) is 28.5 Å². The molecule has 7 heteroatoms. The highest BCUT2D eigenvalue weighted by Crippen LogP contribution is 2.19. The summed E-state index contributed by atoms with van der Waals surface area (Å²) in [6.07, 6.45) is 0. The van der Waals surface area contributed by atoms with Crippen LogP contribution in [0.1, 0.15) is 6.92 Å². The molecule has 0 saturated carbocycles. The lowest BCUT2D eigenvalue weighted by atomic mass is 10.3. The number of anilines is 1. The number of hydrogen-bond acceptors (Lipinski definition) is 4. The van der Waals surface area contributed by atoms with Crippen LogP contribution in [0.4, 0.5) is 10.1 Å². The van der Waals surface area contributed by atoms with Crippen LogP contribution in [0.2, 0.25) is 0 Å². The van der Waals surface area contributed by atoms with Gasteiger partial charge in [0.1, 0.15) is 5.82 Å². The summed E-state index contributed by atoms with van der Waals surface area (Å²) in [6, 6.07) is 4.36. The lowest BCUT2D eigenvalue weighted by Crippen LogP contribution is -2.17. The second kappa shape index (κ2) is 8.16. The molecule has 104 valence electrons. The SMILES string of the molecule is CCOC(=O)CSCC(=O)Nc1ccc(Br)cc1F. The molecule has 0 atom stereocenters. The van der Waals surface area contributed by atoms with Crippen molar-refractivity contribution in [1.82, 2.24) is 0 Å². The highest BCUT2D eigenvalue weighted by molar-refractivity contribution is 9.10. The Hall–Kier alpha value is -1.08. The Balaban J connectivity index is 2.37. The van der Waals surface area contributed by atoms with Crippen LogP contribution in [0, 0.1) is 5.82 Å². The number of nitrogens with one attached hydrogen (secondary N) is 1. The molecule has 1 rings (SSSR count). The van der Waals surface area contributed by atoms with Crippen LogP contribution in [-0.2, 0) is 14.3 Å². The Morgan fingerprint density at radius 3 is 2.79 bits per heavy atom. The number of benzene rings is 1. The average Bonchev–Trinajstić information content (AvgIpc) is 2.33. The molecule has 0 fully saturated rings. The van der Waals surface area contributed by atoms with Gasteiger partial charge in [0.25, 0.3) is 0 Å². The van der Waals surface area contributed by atoms with E-state index in [1.165, 1.54) is 12.1 Å². The summed E-state index contributed by atoms with van der Waals surface area (Å²) in [5.41, 5.74) is 0.116. The average molecular weight is 350 g/mol. The molecule has 4 nitrogen and oxygen atoms in total. The lowest BCUT2D eigenvalue weighted by molar-refractivity contribution is -0.139. The van der Waals surface area contributed by atoms with Gasteiger partial charge in [0, 0.05) is 4.47 Å². The van der Waals surface area contributed by atoms with Gasteiger partial charge < -0.3 is 10.1 Å². The third kappa shape index (κ3) is 6.07. The highest BCUT2D eigenvalue weighted by Gasteiger charge is 2.09. The molecule has 0 aliphatic carbocycles. The predicted molar refractivity (Wildman–Crippen MR) is 76.7 cm³/mol. The van der Waals surface area contributed by atoms with Gasteiger partial charge in [0.05, 0.1) is 23.8 Å². The molecule has 0 spiro atoms. The summed E-state index contributed by atoms with van der Waals surface area (Å²) in [4.78, 5) is 22.6. The maximum absolute atomic E-state index is 13.4. The van der Waals surface area contributed by atoms with Gasteiger partial charge in [-0.15, -0.1) is 11.8 Å². The first kappa shape index (κ1) is 16.0. The number of amides is 1. The molecule has 1 N–H and O–H groups in total. The molecule has 0 aliphatic rings. The standard InChI is InChI=1S/C12H13BrFNO3S/c1-2-18-12(17)7-19-6-11(16)15-10-4-3-8(13)5-9(10)14/h3-5H,2,6-7H2,1H3,(H,15,16). The number of carbonyl (C=O) groups excluding carboxylic acids is 2. The maximum Gasteiger partial charge on any atom is 0.315 e. The molecule has 1 aromatic carbocycles. The molecule has 0 unspecified atom stereocenters.